The molecule has 4 nitrogen and oxygen atoms in total. The molecule has 112 valence electrons. The largest absolute Gasteiger partial charge is 0.394 e. The first-order valence-corrected chi connectivity index (χ1v) is 7.77. The standard InChI is InChI=1S/C15H30N2O2/c1-15(2)11-17(9-13(10-18)19-15)8-12-6-4-3-5-7-14(12)16/h12-14,18H,3-11,16H2,1-2H3. The van der Waals surface area contributed by atoms with E-state index in [0.29, 0.717) is 12.0 Å². The molecule has 3 atom stereocenters. The van der Waals surface area contributed by atoms with Gasteiger partial charge in [0, 0.05) is 25.7 Å². The highest BCUT2D eigenvalue weighted by Gasteiger charge is 2.34. The summed E-state index contributed by atoms with van der Waals surface area (Å²) in [5.41, 5.74) is 6.16. The molecule has 0 amide bonds. The van der Waals surface area contributed by atoms with E-state index in [4.69, 9.17) is 10.5 Å². The van der Waals surface area contributed by atoms with E-state index in [1.807, 2.05) is 0 Å². The number of nitrogens with zero attached hydrogens (tertiary/aromatic N) is 1. The molecule has 0 radical (unpaired) electrons. The van der Waals surface area contributed by atoms with Crippen LogP contribution in [0.1, 0.15) is 46.0 Å². The first-order chi connectivity index (χ1) is 9.00. The number of aliphatic hydroxyl groups is 1. The van der Waals surface area contributed by atoms with Crippen molar-refractivity contribution in [1.29, 1.82) is 0 Å². The highest BCUT2D eigenvalue weighted by Crippen LogP contribution is 2.26. The van der Waals surface area contributed by atoms with E-state index in [2.05, 4.69) is 18.7 Å². The predicted molar refractivity (Wildman–Crippen MR) is 77.0 cm³/mol. The minimum atomic E-state index is -0.166. The highest BCUT2D eigenvalue weighted by molar-refractivity contribution is 4.87. The Morgan fingerprint density at radius 3 is 2.74 bits per heavy atom. The summed E-state index contributed by atoms with van der Waals surface area (Å²) >= 11 is 0. The van der Waals surface area contributed by atoms with E-state index in [0.717, 1.165) is 19.6 Å². The van der Waals surface area contributed by atoms with Crippen LogP contribution < -0.4 is 5.73 Å². The van der Waals surface area contributed by atoms with E-state index in [1.165, 1.54) is 32.1 Å². The first-order valence-electron chi connectivity index (χ1n) is 7.77. The third-order valence-corrected chi connectivity index (χ3v) is 4.47. The lowest BCUT2D eigenvalue weighted by atomic mass is 9.93. The van der Waals surface area contributed by atoms with Crippen LogP contribution in [0.5, 0.6) is 0 Å². The molecule has 1 aliphatic carbocycles. The van der Waals surface area contributed by atoms with Crippen molar-refractivity contribution in [3.05, 3.63) is 0 Å². The SMILES string of the molecule is CC1(C)CN(CC2CCCCCC2N)CC(CO)O1. The number of ether oxygens (including phenoxy) is 1. The maximum absolute atomic E-state index is 9.37. The van der Waals surface area contributed by atoms with Crippen LogP contribution in [0.2, 0.25) is 0 Å². The number of nitrogens with two attached hydrogens (primary N) is 1. The predicted octanol–water partition coefficient (Wildman–Crippen LogP) is 1.37. The molecular formula is C15H30N2O2. The first kappa shape index (κ1) is 15.2. The average molecular weight is 270 g/mol. The summed E-state index contributed by atoms with van der Waals surface area (Å²) in [6.07, 6.45) is 6.30. The van der Waals surface area contributed by atoms with Gasteiger partial charge in [0.1, 0.15) is 0 Å². The van der Waals surface area contributed by atoms with Crippen LogP contribution >= 0.6 is 0 Å². The van der Waals surface area contributed by atoms with E-state index in [1.54, 1.807) is 0 Å². The van der Waals surface area contributed by atoms with Gasteiger partial charge in [-0.05, 0) is 32.6 Å². The second kappa shape index (κ2) is 6.53. The third kappa shape index (κ3) is 4.42. The van der Waals surface area contributed by atoms with Crippen LogP contribution in [0.15, 0.2) is 0 Å². The van der Waals surface area contributed by atoms with E-state index >= 15 is 0 Å². The van der Waals surface area contributed by atoms with E-state index in [9.17, 15) is 5.11 Å². The Hall–Kier alpha value is -0.160. The van der Waals surface area contributed by atoms with Gasteiger partial charge >= 0.3 is 0 Å². The summed E-state index contributed by atoms with van der Waals surface area (Å²) in [4.78, 5) is 2.44. The molecule has 2 rings (SSSR count). The number of morpholine rings is 1. The Morgan fingerprint density at radius 1 is 1.26 bits per heavy atom. The Balaban J connectivity index is 1.93. The Labute approximate surface area is 117 Å². The summed E-state index contributed by atoms with van der Waals surface area (Å²) in [6, 6.07) is 0.348. The summed E-state index contributed by atoms with van der Waals surface area (Å²) in [5.74, 6) is 0.607. The molecular weight excluding hydrogens is 240 g/mol. The van der Waals surface area contributed by atoms with Crippen LogP contribution in [0, 0.1) is 5.92 Å². The molecule has 0 aromatic heterocycles. The summed E-state index contributed by atoms with van der Waals surface area (Å²) in [7, 11) is 0. The zero-order valence-electron chi connectivity index (χ0n) is 12.5. The van der Waals surface area contributed by atoms with Gasteiger partial charge in [-0.2, -0.15) is 0 Å². The quantitative estimate of drug-likeness (QED) is 0.760. The van der Waals surface area contributed by atoms with Crippen molar-refractivity contribution in [2.75, 3.05) is 26.2 Å². The maximum Gasteiger partial charge on any atom is 0.0940 e. The van der Waals surface area contributed by atoms with Crippen molar-refractivity contribution in [3.8, 4) is 0 Å². The smallest absolute Gasteiger partial charge is 0.0940 e. The molecule has 3 N–H and O–H groups in total. The fraction of sp³-hybridized carbons (Fsp3) is 1.00. The van der Waals surface area contributed by atoms with Crippen LogP contribution in [0.25, 0.3) is 0 Å². The summed E-state index contributed by atoms with van der Waals surface area (Å²) in [6.45, 7) is 7.15. The van der Waals surface area contributed by atoms with Crippen LogP contribution in [-0.2, 0) is 4.74 Å². The van der Waals surface area contributed by atoms with E-state index in [-0.39, 0.29) is 18.3 Å². The molecule has 0 aromatic rings. The third-order valence-electron chi connectivity index (χ3n) is 4.47. The molecule has 1 heterocycles. The van der Waals surface area contributed by atoms with Crippen molar-refractivity contribution in [1.82, 2.24) is 4.90 Å². The lowest BCUT2D eigenvalue weighted by Gasteiger charge is -2.43. The molecule has 0 spiro atoms. The Bertz CT molecular complexity index is 283. The average Bonchev–Trinajstić information content (AvgIpc) is 2.53. The fourth-order valence-corrected chi connectivity index (χ4v) is 3.62. The minimum Gasteiger partial charge on any atom is -0.394 e. The van der Waals surface area contributed by atoms with Gasteiger partial charge in [0.25, 0.3) is 0 Å². The Kier molecular flexibility index (Phi) is 5.23. The van der Waals surface area contributed by atoms with Gasteiger partial charge in [0.15, 0.2) is 0 Å². The van der Waals surface area contributed by atoms with Crippen LogP contribution in [0.4, 0.5) is 0 Å². The molecule has 19 heavy (non-hydrogen) atoms. The van der Waals surface area contributed by atoms with Crippen molar-refractivity contribution in [2.24, 2.45) is 11.7 Å². The van der Waals surface area contributed by atoms with Crippen molar-refractivity contribution in [2.45, 2.75) is 63.7 Å². The minimum absolute atomic E-state index is 0.0502. The molecule has 1 aliphatic heterocycles. The molecule has 0 bridgehead atoms. The van der Waals surface area contributed by atoms with Gasteiger partial charge in [0.2, 0.25) is 0 Å². The zero-order chi connectivity index (χ0) is 13.9. The molecule has 3 unspecified atom stereocenters. The Morgan fingerprint density at radius 2 is 2.00 bits per heavy atom. The maximum atomic E-state index is 9.37. The van der Waals surface area contributed by atoms with Crippen molar-refractivity contribution < 1.29 is 9.84 Å². The summed E-state index contributed by atoms with van der Waals surface area (Å²) < 4.78 is 5.87. The molecule has 2 fully saturated rings. The number of rotatable bonds is 3. The highest BCUT2D eigenvalue weighted by atomic mass is 16.5. The molecule has 1 saturated heterocycles. The van der Waals surface area contributed by atoms with Crippen molar-refractivity contribution >= 4 is 0 Å². The van der Waals surface area contributed by atoms with Gasteiger partial charge in [-0.25, -0.2) is 0 Å². The second-order valence-electron chi connectivity index (χ2n) is 6.94. The topological polar surface area (TPSA) is 58.7 Å². The summed E-state index contributed by atoms with van der Waals surface area (Å²) in [5, 5.41) is 9.37. The van der Waals surface area contributed by atoms with Gasteiger partial charge < -0.3 is 15.6 Å². The number of hydrogen-bond donors (Lipinski definition) is 2. The monoisotopic (exact) mass is 270 g/mol. The normalized spacial score (nSPS) is 36.9. The van der Waals surface area contributed by atoms with Gasteiger partial charge in [-0.15, -0.1) is 0 Å². The molecule has 0 aromatic carbocycles. The van der Waals surface area contributed by atoms with Gasteiger partial charge in [0.05, 0.1) is 18.3 Å². The zero-order valence-corrected chi connectivity index (χ0v) is 12.5. The number of aliphatic hydroxyl groups excluding tert-OH is 1. The molecule has 1 saturated carbocycles. The number of hydrogen-bond acceptors (Lipinski definition) is 4. The van der Waals surface area contributed by atoms with E-state index < -0.39 is 0 Å². The second-order valence-corrected chi connectivity index (χ2v) is 6.94. The van der Waals surface area contributed by atoms with Gasteiger partial charge in [-0.1, -0.05) is 19.3 Å². The lowest BCUT2D eigenvalue weighted by molar-refractivity contribution is -0.151. The van der Waals surface area contributed by atoms with Crippen LogP contribution in [0.3, 0.4) is 0 Å². The van der Waals surface area contributed by atoms with Gasteiger partial charge in [-0.3, -0.25) is 4.90 Å². The van der Waals surface area contributed by atoms with Crippen molar-refractivity contribution in [3.63, 3.8) is 0 Å². The lowest BCUT2D eigenvalue weighted by Crippen LogP contribution is -2.55. The van der Waals surface area contributed by atoms with Crippen LogP contribution in [-0.4, -0.2) is 54.0 Å². The fourth-order valence-electron chi connectivity index (χ4n) is 3.62. The molecule has 2 aliphatic rings. The molecule has 4 heteroatoms.